The van der Waals surface area contributed by atoms with Crippen molar-refractivity contribution in [2.45, 2.75) is 19.3 Å². The van der Waals surface area contributed by atoms with Gasteiger partial charge in [0.2, 0.25) is 5.91 Å². The fraction of sp³-hybridized carbons (Fsp3) is 0.833. The van der Waals surface area contributed by atoms with E-state index in [-0.39, 0.29) is 12.5 Å². The van der Waals surface area contributed by atoms with Crippen LogP contribution in [-0.4, -0.2) is 73.1 Å². The molecule has 18 heavy (non-hydrogen) atoms. The normalized spacial score (nSPS) is 19.6. The number of hydrogen-bond donors (Lipinski definition) is 2. The number of carboxylic acid groups (broad SMARTS) is 1. The summed E-state index contributed by atoms with van der Waals surface area (Å²) in [6.07, 6.45) is 3.18. The fourth-order valence-corrected chi connectivity index (χ4v) is 2.14. The zero-order chi connectivity index (χ0) is 13.4. The van der Waals surface area contributed by atoms with Gasteiger partial charge >= 0.3 is 5.97 Å². The van der Waals surface area contributed by atoms with Crippen molar-refractivity contribution in [1.29, 1.82) is 0 Å². The van der Waals surface area contributed by atoms with Gasteiger partial charge in [0, 0.05) is 20.1 Å². The molecule has 1 aliphatic rings. The maximum absolute atomic E-state index is 11.4. The molecule has 6 heteroatoms. The van der Waals surface area contributed by atoms with Crippen molar-refractivity contribution < 1.29 is 14.7 Å². The van der Waals surface area contributed by atoms with E-state index in [1.165, 1.54) is 0 Å². The molecule has 0 aliphatic carbocycles. The zero-order valence-corrected chi connectivity index (χ0v) is 11.0. The number of nitrogens with zero attached hydrogens (tertiary/aromatic N) is 2. The van der Waals surface area contributed by atoms with E-state index >= 15 is 0 Å². The van der Waals surface area contributed by atoms with Gasteiger partial charge in [0.05, 0.1) is 13.1 Å². The Hall–Kier alpha value is -1.14. The van der Waals surface area contributed by atoms with Crippen molar-refractivity contribution >= 4 is 11.9 Å². The molecule has 1 amide bonds. The van der Waals surface area contributed by atoms with Crippen LogP contribution in [-0.2, 0) is 9.59 Å². The Labute approximate surface area is 108 Å². The molecule has 0 spiro atoms. The quantitative estimate of drug-likeness (QED) is 0.717. The molecule has 0 saturated carbocycles. The van der Waals surface area contributed by atoms with Crippen LogP contribution in [0.2, 0.25) is 0 Å². The number of nitrogens with one attached hydrogen (secondary N) is 1. The van der Waals surface area contributed by atoms with Crippen LogP contribution in [0.1, 0.15) is 19.3 Å². The van der Waals surface area contributed by atoms with Gasteiger partial charge in [0.15, 0.2) is 0 Å². The lowest BCUT2D eigenvalue weighted by molar-refractivity contribution is -0.138. The number of amides is 1. The highest BCUT2D eigenvalue weighted by molar-refractivity contribution is 5.77. The van der Waals surface area contributed by atoms with Crippen LogP contribution in [0.5, 0.6) is 0 Å². The Morgan fingerprint density at radius 1 is 1.00 bits per heavy atom. The predicted octanol–water partition coefficient (Wildman–Crippen LogP) is -0.395. The number of hydrogen-bond acceptors (Lipinski definition) is 4. The summed E-state index contributed by atoms with van der Waals surface area (Å²) < 4.78 is 0. The number of carbonyl (C=O) groups is 2. The van der Waals surface area contributed by atoms with Crippen LogP contribution >= 0.6 is 0 Å². The second-order valence-corrected chi connectivity index (χ2v) is 4.68. The summed E-state index contributed by atoms with van der Waals surface area (Å²) in [7, 11) is 1.63. The molecule has 104 valence electrons. The fourth-order valence-electron chi connectivity index (χ4n) is 2.14. The van der Waals surface area contributed by atoms with E-state index in [9.17, 15) is 9.59 Å². The number of aliphatic carboxylic acids is 1. The molecule has 0 aromatic heterocycles. The standard InChI is InChI=1S/C12H23N3O3/c1-13-11(16)9-14-5-3-2-4-6-15(8-7-14)10-12(17)18/h2-10H2,1H3,(H,13,16)(H,17,18). The first-order valence-electron chi connectivity index (χ1n) is 6.49. The van der Waals surface area contributed by atoms with Gasteiger partial charge in [-0.1, -0.05) is 6.42 Å². The topological polar surface area (TPSA) is 72.9 Å². The average molecular weight is 257 g/mol. The van der Waals surface area contributed by atoms with E-state index in [1.807, 2.05) is 4.90 Å². The minimum absolute atomic E-state index is 0.0130. The molecule has 0 radical (unpaired) electrons. The van der Waals surface area contributed by atoms with E-state index in [2.05, 4.69) is 10.2 Å². The van der Waals surface area contributed by atoms with Gasteiger partial charge in [-0.25, -0.2) is 0 Å². The maximum atomic E-state index is 11.4. The maximum Gasteiger partial charge on any atom is 0.317 e. The molecular weight excluding hydrogens is 234 g/mol. The van der Waals surface area contributed by atoms with Gasteiger partial charge < -0.3 is 10.4 Å². The third-order valence-electron chi connectivity index (χ3n) is 3.19. The molecule has 0 aromatic rings. The first-order valence-corrected chi connectivity index (χ1v) is 6.49. The van der Waals surface area contributed by atoms with E-state index in [0.29, 0.717) is 13.1 Å². The van der Waals surface area contributed by atoms with Crippen molar-refractivity contribution in [2.24, 2.45) is 0 Å². The van der Waals surface area contributed by atoms with Crippen LogP contribution in [0.3, 0.4) is 0 Å². The lowest BCUT2D eigenvalue weighted by Gasteiger charge is -2.24. The molecule has 1 rings (SSSR count). The van der Waals surface area contributed by atoms with Gasteiger partial charge in [0.25, 0.3) is 0 Å². The minimum atomic E-state index is -0.785. The summed E-state index contributed by atoms with van der Waals surface area (Å²) in [5, 5.41) is 11.4. The monoisotopic (exact) mass is 257 g/mol. The summed E-state index contributed by atoms with van der Waals surface area (Å²) in [5.74, 6) is -0.772. The van der Waals surface area contributed by atoms with Crippen molar-refractivity contribution in [3.8, 4) is 0 Å². The summed E-state index contributed by atoms with van der Waals surface area (Å²) >= 11 is 0. The Kier molecular flexibility index (Phi) is 6.67. The number of rotatable bonds is 4. The largest absolute Gasteiger partial charge is 0.480 e. The van der Waals surface area contributed by atoms with Gasteiger partial charge in [0.1, 0.15) is 0 Å². The zero-order valence-electron chi connectivity index (χ0n) is 11.0. The molecule has 0 unspecified atom stereocenters. The van der Waals surface area contributed by atoms with Gasteiger partial charge in [-0.2, -0.15) is 0 Å². The highest BCUT2D eigenvalue weighted by Crippen LogP contribution is 2.05. The van der Waals surface area contributed by atoms with Crippen LogP contribution < -0.4 is 5.32 Å². The number of carboxylic acids is 1. The van der Waals surface area contributed by atoms with Crippen LogP contribution in [0.4, 0.5) is 0 Å². The van der Waals surface area contributed by atoms with Crippen molar-refractivity contribution in [3.63, 3.8) is 0 Å². The molecule has 0 atom stereocenters. The molecule has 6 nitrogen and oxygen atoms in total. The summed E-state index contributed by atoms with van der Waals surface area (Å²) in [6.45, 7) is 3.70. The van der Waals surface area contributed by atoms with Gasteiger partial charge in [-0.05, 0) is 25.9 Å². The Morgan fingerprint density at radius 2 is 1.56 bits per heavy atom. The molecule has 1 saturated heterocycles. The van der Waals surface area contributed by atoms with Crippen LogP contribution in [0.15, 0.2) is 0 Å². The Bertz CT molecular complexity index is 284. The first-order chi connectivity index (χ1) is 8.61. The minimum Gasteiger partial charge on any atom is -0.480 e. The Balaban J connectivity index is 2.46. The van der Waals surface area contributed by atoms with Crippen LogP contribution in [0.25, 0.3) is 0 Å². The molecule has 0 bridgehead atoms. The second-order valence-electron chi connectivity index (χ2n) is 4.68. The lowest BCUT2D eigenvalue weighted by Crippen LogP contribution is -2.41. The molecule has 1 aliphatic heterocycles. The molecular formula is C12H23N3O3. The van der Waals surface area contributed by atoms with Crippen molar-refractivity contribution in [2.75, 3.05) is 46.3 Å². The predicted molar refractivity (Wildman–Crippen MR) is 68.4 cm³/mol. The molecule has 2 N–H and O–H groups in total. The summed E-state index contributed by atoms with van der Waals surface area (Å²) in [4.78, 5) is 26.1. The average Bonchev–Trinajstić information content (AvgIpc) is 2.42. The summed E-state index contributed by atoms with van der Waals surface area (Å²) in [6, 6.07) is 0. The van der Waals surface area contributed by atoms with Crippen LogP contribution in [0, 0.1) is 0 Å². The van der Waals surface area contributed by atoms with E-state index in [0.717, 1.165) is 38.9 Å². The smallest absolute Gasteiger partial charge is 0.317 e. The summed E-state index contributed by atoms with van der Waals surface area (Å²) in [5.41, 5.74) is 0. The Morgan fingerprint density at radius 3 is 2.06 bits per heavy atom. The van der Waals surface area contributed by atoms with Gasteiger partial charge in [-0.3, -0.25) is 19.4 Å². The third kappa shape index (κ3) is 5.97. The van der Waals surface area contributed by atoms with E-state index in [1.54, 1.807) is 7.05 Å². The van der Waals surface area contributed by atoms with Gasteiger partial charge in [-0.15, -0.1) is 0 Å². The van der Waals surface area contributed by atoms with E-state index in [4.69, 9.17) is 5.11 Å². The van der Waals surface area contributed by atoms with Crippen molar-refractivity contribution in [1.82, 2.24) is 15.1 Å². The highest BCUT2D eigenvalue weighted by Gasteiger charge is 2.15. The van der Waals surface area contributed by atoms with Crippen molar-refractivity contribution in [3.05, 3.63) is 0 Å². The number of carbonyl (C=O) groups excluding carboxylic acids is 1. The molecule has 0 aromatic carbocycles. The number of likely N-dealkylation sites (N-methyl/N-ethyl adjacent to an activating group) is 1. The highest BCUT2D eigenvalue weighted by atomic mass is 16.4. The second kappa shape index (κ2) is 8.05. The molecule has 1 fully saturated rings. The molecule has 1 heterocycles. The SMILES string of the molecule is CNC(=O)CN1CCCCCN(CC(=O)O)CC1. The van der Waals surface area contributed by atoms with E-state index < -0.39 is 5.97 Å². The lowest BCUT2D eigenvalue weighted by atomic mass is 10.2. The first kappa shape index (κ1) is 14.9. The third-order valence-corrected chi connectivity index (χ3v) is 3.19.